The summed E-state index contributed by atoms with van der Waals surface area (Å²) in [6.45, 7) is 0. The van der Waals surface area contributed by atoms with Gasteiger partial charge in [0.25, 0.3) is 0 Å². The lowest BCUT2D eigenvalue weighted by Gasteiger charge is -2.03. The number of pyridine rings is 1. The zero-order valence-corrected chi connectivity index (χ0v) is 9.94. The van der Waals surface area contributed by atoms with E-state index in [9.17, 15) is 4.79 Å². The van der Waals surface area contributed by atoms with Crippen molar-refractivity contribution < 1.29 is 9.53 Å². The van der Waals surface area contributed by atoms with Crippen LogP contribution in [0, 0.1) is 0 Å². The Bertz CT molecular complexity index is 537. The second-order valence-electron chi connectivity index (χ2n) is 3.43. The van der Waals surface area contributed by atoms with Gasteiger partial charge in [-0.15, -0.1) is 0 Å². The van der Waals surface area contributed by atoms with Gasteiger partial charge < -0.3 is 4.74 Å². The van der Waals surface area contributed by atoms with Gasteiger partial charge in [-0.2, -0.15) is 0 Å². The minimum Gasteiger partial charge on any atom is -0.464 e. The molecule has 0 aliphatic heterocycles. The second kappa shape index (κ2) is 4.97. The third-order valence-corrected chi connectivity index (χ3v) is 2.58. The molecule has 4 heteroatoms. The summed E-state index contributed by atoms with van der Waals surface area (Å²) >= 11 is 5.82. The molecule has 1 aromatic heterocycles. The van der Waals surface area contributed by atoms with E-state index >= 15 is 0 Å². The average molecular weight is 248 g/mol. The molecular formula is C13H10ClNO2. The summed E-state index contributed by atoms with van der Waals surface area (Å²) in [5.74, 6) is -0.444. The molecule has 0 aliphatic carbocycles. The van der Waals surface area contributed by atoms with Gasteiger partial charge in [0.05, 0.1) is 7.11 Å². The fourth-order valence-corrected chi connectivity index (χ4v) is 1.59. The molecular weight excluding hydrogens is 238 g/mol. The predicted octanol–water partition coefficient (Wildman–Crippen LogP) is 3.19. The van der Waals surface area contributed by atoms with Crippen molar-refractivity contribution in [3.8, 4) is 11.1 Å². The summed E-state index contributed by atoms with van der Waals surface area (Å²) in [6, 6.07) is 10.9. The van der Waals surface area contributed by atoms with Crippen LogP contribution < -0.4 is 0 Å². The van der Waals surface area contributed by atoms with E-state index in [2.05, 4.69) is 9.72 Å². The maximum atomic E-state index is 11.3. The number of ether oxygens (including phenoxy) is 1. The van der Waals surface area contributed by atoms with Crippen LogP contribution in [0.4, 0.5) is 0 Å². The highest BCUT2D eigenvalue weighted by molar-refractivity contribution is 6.30. The number of halogens is 1. The van der Waals surface area contributed by atoms with Gasteiger partial charge in [-0.05, 0) is 35.4 Å². The van der Waals surface area contributed by atoms with E-state index < -0.39 is 5.97 Å². The largest absolute Gasteiger partial charge is 0.464 e. The van der Waals surface area contributed by atoms with Gasteiger partial charge in [0.1, 0.15) is 5.69 Å². The lowest BCUT2D eigenvalue weighted by molar-refractivity contribution is 0.0594. The Morgan fingerprint density at radius 1 is 1.18 bits per heavy atom. The SMILES string of the molecule is COC(=O)c1cc(-c2ccc(Cl)cc2)ccn1. The van der Waals surface area contributed by atoms with Crippen LogP contribution in [-0.2, 0) is 4.74 Å². The first-order chi connectivity index (χ1) is 8.20. The Morgan fingerprint density at radius 3 is 2.53 bits per heavy atom. The summed E-state index contributed by atoms with van der Waals surface area (Å²) in [4.78, 5) is 15.3. The molecule has 0 saturated carbocycles. The summed E-state index contributed by atoms with van der Waals surface area (Å²) in [7, 11) is 1.33. The molecule has 0 atom stereocenters. The van der Waals surface area contributed by atoms with Crippen molar-refractivity contribution in [1.29, 1.82) is 0 Å². The first-order valence-electron chi connectivity index (χ1n) is 5.01. The number of esters is 1. The third kappa shape index (κ3) is 2.63. The highest BCUT2D eigenvalue weighted by Gasteiger charge is 2.08. The summed E-state index contributed by atoms with van der Waals surface area (Å²) in [6.07, 6.45) is 1.58. The first kappa shape index (κ1) is 11.6. The van der Waals surface area contributed by atoms with Gasteiger partial charge in [0, 0.05) is 11.2 Å². The summed E-state index contributed by atoms with van der Waals surface area (Å²) in [5, 5.41) is 0.677. The van der Waals surface area contributed by atoms with Crippen LogP contribution in [0.5, 0.6) is 0 Å². The van der Waals surface area contributed by atoms with E-state index in [1.54, 1.807) is 24.4 Å². The van der Waals surface area contributed by atoms with Gasteiger partial charge >= 0.3 is 5.97 Å². The third-order valence-electron chi connectivity index (χ3n) is 2.33. The fraction of sp³-hybridized carbons (Fsp3) is 0.0769. The highest BCUT2D eigenvalue weighted by atomic mass is 35.5. The van der Waals surface area contributed by atoms with Crippen molar-refractivity contribution in [3.63, 3.8) is 0 Å². The van der Waals surface area contributed by atoms with Crippen molar-refractivity contribution in [2.24, 2.45) is 0 Å². The van der Waals surface area contributed by atoms with E-state index in [0.29, 0.717) is 10.7 Å². The van der Waals surface area contributed by atoms with Gasteiger partial charge in [-0.1, -0.05) is 23.7 Å². The molecule has 86 valence electrons. The van der Waals surface area contributed by atoms with E-state index in [1.807, 2.05) is 18.2 Å². The standard InChI is InChI=1S/C13H10ClNO2/c1-17-13(16)12-8-10(6-7-15-12)9-2-4-11(14)5-3-9/h2-8H,1H3. The minimum atomic E-state index is -0.444. The lowest BCUT2D eigenvalue weighted by atomic mass is 10.1. The van der Waals surface area contributed by atoms with Crippen LogP contribution >= 0.6 is 11.6 Å². The number of hydrogen-bond acceptors (Lipinski definition) is 3. The van der Waals surface area contributed by atoms with Crippen molar-refractivity contribution in [3.05, 3.63) is 53.3 Å². The van der Waals surface area contributed by atoms with Gasteiger partial charge in [0.2, 0.25) is 0 Å². The molecule has 0 unspecified atom stereocenters. The van der Waals surface area contributed by atoms with Gasteiger partial charge in [0.15, 0.2) is 0 Å². The molecule has 0 aliphatic rings. The summed E-state index contributed by atoms with van der Waals surface area (Å²) in [5.41, 5.74) is 2.17. The van der Waals surface area contributed by atoms with Crippen molar-refractivity contribution >= 4 is 17.6 Å². The van der Waals surface area contributed by atoms with Gasteiger partial charge in [-0.25, -0.2) is 9.78 Å². The molecule has 1 heterocycles. The smallest absolute Gasteiger partial charge is 0.356 e. The van der Waals surface area contributed by atoms with Crippen LogP contribution in [0.15, 0.2) is 42.6 Å². The summed E-state index contributed by atoms with van der Waals surface area (Å²) < 4.78 is 4.62. The van der Waals surface area contributed by atoms with Crippen molar-refractivity contribution in [2.45, 2.75) is 0 Å². The number of benzene rings is 1. The number of aromatic nitrogens is 1. The molecule has 3 nitrogen and oxygen atoms in total. The monoisotopic (exact) mass is 247 g/mol. The van der Waals surface area contributed by atoms with Gasteiger partial charge in [-0.3, -0.25) is 0 Å². The number of carbonyl (C=O) groups is 1. The van der Waals surface area contributed by atoms with E-state index in [4.69, 9.17) is 11.6 Å². The zero-order valence-electron chi connectivity index (χ0n) is 9.18. The molecule has 0 spiro atoms. The number of hydrogen-bond donors (Lipinski definition) is 0. The number of rotatable bonds is 2. The molecule has 0 amide bonds. The molecule has 0 N–H and O–H groups in total. The molecule has 0 bridgehead atoms. The Labute approximate surface area is 104 Å². The first-order valence-corrected chi connectivity index (χ1v) is 5.39. The topological polar surface area (TPSA) is 39.2 Å². The normalized spacial score (nSPS) is 10.0. The van der Waals surface area contributed by atoms with Crippen LogP contribution in [0.25, 0.3) is 11.1 Å². The lowest BCUT2D eigenvalue weighted by Crippen LogP contribution is -2.03. The van der Waals surface area contributed by atoms with Crippen LogP contribution in [-0.4, -0.2) is 18.1 Å². The maximum absolute atomic E-state index is 11.3. The van der Waals surface area contributed by atoms with E-state index in [1.165, 1.54) is 7.11 Å². The second-order valence-corrected chi connectivity index (χ2v) is 3.86. The van der Waals surface area contributed by atoms with E-state index in [0.717, 1.165) is 11.1 Å². The van der Waals surface area contributed by atoms with Crippen LogP contribution in [0.1, 0.15) is 10.5 Å². The number of methoxy groups -OCH3 is 1. The Hall–Kier alpha value is -1.87. The fourth-order valence-electron chi connectivity index (χ4n) is 1.47. The quantitative estimate of drug-likeness (QED) is 0.765. The molecule has 2 aromatic rings. The molecule has 17 heavy (non-hydrogen) atoms. The minimum absolute atomic E-state index is 0.292. The molecule has 0 radical (unpaired) electrons. The highest BCUT2D eigenvalue weighted by Crippen LogP contribution is 2.21. The predicted molar refractivity (Wildman–Crippen MR) is 66.0 cm³/mol. The molecule has 1 aromatic carbocycles. The number of nitrogens with zero attached hydrogens (tertiary/aromatic N) is 1. The molecule has 0 fully saturated rings. The van der Waals surface area contributed by atoms with Crippen LogP contribution in [0.3, 0.4) is 0 Å². The van der Waals surface area contributed by atoms with Crippen LogP contribution in [0.2, 0.25) is 5.02 Å². The van der Waals surface area contributed by atoms with Crippen molar-refractivity contribution in [1.82, 2.24) is 4.98 Å². The number of carbonyl (C=O) groups excluding carboxylic acids is 1. The van der Waals surface area contributed by atoms with E-state index in [-0.39, 0.29) is 0 Å². The molecule has 0 saturated heterocycles. The Morgan fingerprint density at radius 2 is 1.88 bits per heavy atom. The average Bonchev–Trinajstić information content (AvgIpc) is 2.39. The maximum Gasteiger partial charge on any atom is 0.356 e. The zero-order chi connectivity index (χ0) is 12.3. The molecule has 2 rings (SSSR count). The van der Waals surface area contributed by atoms with Crippen molar-refractivity contribution in [2.75, 3.05) is 7.11 Å². The Balaban J connectivity index is 2.39. The Kier molecular flexibility index (Phi) is 3.40.